The molecule has 2 unspecified atom stereocenters. The van der Waals surface area contributed by atoms with Crippen molar-refractivity contribution in [3.8, 4) is 0 Å². The fourth-order valence-electron chi connectivity index (χ4n) is 2.36. The molecule has 0 saturated heterocycles. The van der Waals surface area contributed by atoms with Crippen LogP contribution < -0.4 is 0 Å². The van der Waals surface area contributed by atoms with Crippen LogP contribution in [0.5, 0.6) is 0 Å². The molecule has 0 heterocycles. The van der Waals surface area contributed by atoms with Crippen molar-refractivity contribution in [2.75, 3.05) is 13.2 Å². The van der Waals surface area contributed by atoms with Gasteiger partial charge < -0.3 is 19.7 Å². The molecule has 0 amide bonds. The van der Waals surface area contributed by atoms with Gasteiger partial charge in [-0.3, -0.25) is 4.79 Å². The summed E-state index contributed by atoms with van der Waals surface area (Å²) in [5.74, 6) is -1.27. The number of Topliss-reactive ketones (excluding diaryl/α,β-unsaturated/α-hetero) is 1. The van der Waals surface area contributed by atoms with Crippen molar-refractivity contribution in [3.05, 3.63) is 0 Å². The smallest absolute Gasteiger partial charge is 0.385 e. The first-order valence-corrected chi connectivity index (χ1v) is 8.05. The molecule has 0 aliphatic rings. The van der Waals surface area contributed by atoms with Crippen LogP contribution >= 0.6 is 0 Å². The van der Waals surface area contributed by atoms with Gasteiger partial charge in [-0.05, 0) is 13.8 Å². The fraction of sp³-hybridized carbons (Fsp3) is 0.933. The number of ketones is 1. The average Bonchev–Trinajstić information content (AvgIpc) is 2.43. The van der Waals surface area contributed by atoms with Crippen LogP contribution in [0.3, 0.4) is 0 Å². The molecule has 11 heteroatoms. The first kappa shape index (κ1) is 25.1. The Morgan fingerprint density at radius 1 is 0.808 bits per heavy atom. The minimum Gasteiger partial charge on any atom is -0.385 e. The maximum absolute atomic E-state index is 12.4. The molecule has 0 spiro atoms. The number of carbonyl (C=O) groups excluding carboxylic acids is 1. The van der Waals surface area contributed by atoms with Gasteiger partial charge in [0.2, 0.25) is 0 Å². The lowest BCUT2D eigenvalue weighted by Gasteiger charge is -2.24. The molecule has 0 rings (SSSR count). The summed E-state index contributed by atoms with van der Waals surface area (Å²) in [5.41, 5.74) is 0. The quantitative estimate of drug-likeness (QED) is 0.495. The van der Waals surface area contributed by atoms with Gasteiger partial charge in [0.15, 0.2) is 5.78 Å². The molecule has 0 aromatic rings. The summed E-state index contributed by atoms with van der Waals surface area (Å²) in [6, 6.07) is 0. The average molecular weight is 398 g/mol. The normalized spacial score (nSPS) is 17.6. The molecule has 26 heavy (non-hydrogen) atoms. The van der Waals surface area contributed by atoms with E-state index in [-0.39, 0.29) is 13.2 Å². The second-order valence-corrected chi connectivity index (χ2v) is 5.70. The zero-order valence-electron chi connectivity index (χ0n) is 14.4. The highest BCUT2D eigenvalue weighted by molar-refractivity contribution is 5.86. The Labute approximate surface area is 147 Å². The number of aliphatic hydroxyl groups is 2. The highest BCUT2D eigenvalue weighted by Gasteiger charge is 2.37. The number of hydrogen-bond donors (Lipinski definition) is 2. The maximum Gasteiger partial charge on any atom is 0.391 e. The molecule has 0 saturated carbocycles. The predicted octanol–water partition coefficient (Wildman–Crippen LogP) is 2.77. The maximum atomic E-state index is 12.4. The van der Waals surface area contributed by atoms with Gasteiger partial charge in [0.25, 0.3) is 0 Å². The summed E-state index contributed by atoms with van der Waals surface area (Å²) in [4.78, 5) is 11.9. The van der Waals surface area contributed by atoms with Crippen LogP contribution in [0, 0.1) is 0 Å². The van der Waals surface area contributed by atoms with Crippen LogP contribution in [0.4, 0.5) is 26.3 Å². The van der Waals surface area contributed by atoms with E-state index in [0.29, 0.717) is 0 Å². The molecule has 0 aliphatic heterocycles. The number of rotatable bonds is 12. The van der Waals surface area contributed by atoms with E-state index in [1.54, 1.807) is 0 Å². The van der Waals surface area contributed by atoms with Crippen molar-refractivity contribution >= 4 is 5.78 Å². The molecule has 0 fully saturated rings. The largest absolute Gasteiger partial charge is 0.391 e. The highest BCUT2D eigenvalue weighted by Crippen LogP contribution is 2.27. The van der Waals surface area contributed by atoms with Crippen LogP contribution in [0.1, 0.15) is 39.5 Å². The summed E-state index contributed by atoms with van der Waals surface area (Å²) >= 11 is 0. The van der Waals surface area contributed by atoms with Crippen molar-refractivity contribution in [2.24, 2.45) is 0 Å². The first-order chi connectivity index (χ1) is 11.8. The molecule has 4 atom stereocenters. The number of hydrogen-bond acceptors (Lipinski definition) is 5. The lowest BCUT2D eigenvalue weighted by atomic mass is 9.97. The predicted molar refractivity (Wildman–Crippen MR) is 78.4 cm³/mol. The zero-order valence-corrected chi connectivity index (χ0v) is 14.4. The van der Waals surface area contributed by atoms with Crippen LogP contribution in [0.2, 0.25) is 0 Å². The Hall–Kier alpha value is -0.910. The summed E-state index contributed by atoms with van der Waals surface area (Å²) in [7, 11) is 0. The summed E-state index contributed by atoms with van der Waals surface area (Å²) in [6.45, 7) is 2.66. The second kappa shape index (κ2) is 11.1. The van der Waals surface area contributed by atoms with E-state index >= 15 is 0 Å². The molecule has 0 aliphatic carbocycles. The third kappa shape index (κ3) is 11.7. The number of ether oxygens (including phenoxy) is 2. The van der Waals surface area contributed by atoms with E-state index < -0.39 is 68.2 Å². The number of aliphatic hydroxyl groups excluding tert-OH is 2. The standard InChI is InChI=1S/C15H24F6O5/c1-3-25-9(7-14(16,17)18)5-11(22)13(24)12(23)6-10(26-4-2)8-15(19,20)21/h9-12,22-23H,3-8H2,1-2H3/t9?,10?,11-,12-/m0/s1. The van der Waals surface area contributed by atoms with Gasteiger partial charge in [0, 0.05) is 26.1 Å². The Morgan fingerprint density at radius 3 is 1.35 bits per heavy atom. The molecule has 0 radical (unpaired) electrons. The third-order valence-corrected chi connectivity index (χ3v) is 3.35. The van der Waals surface area contributed by atoms with E-state index in [9.17, 15) is 41.4 Å². The number of halogens is 6. The lowest BCUT2D eigenvalue weighted by Crippen LogP contribution is -2.39. The van der Waals surface area contributed by atoms with Gasteiger partial charge in [0.1, 0.15) is 12.2 Å². The van der Waals surface area contributed by atoms with E-state index in [1.807, 2.05) is 0 Å². The number of alkyl halides is 6. The Kier molecular flexibility index (Phi) is 10.7. The molecule has 156 valence electrons. The van der Waals surface area contributed by atoms with Crippen LogP contribution in [-0.2, 0) is 14.3 Å². The van der Waals surface area contributed by atoms with Gasteiger partial charge in [0.05, 0.1) is 25.0 Å². The summed E-state index contributed by atoms with van der Waals surface area (Å²) < 4.78 is 84.2. The Morgan fingerprint density at radius 2 is 1.12 bits per heavy atom. The third-order valence-electron chi connectivity index (χ3n) is 3.35. The van der Waals surface area contributed by atoms with Crippen molar-refractivity contribution in [3.63, 3.8) is 0 Å². The minimum absolute atomic E-state index is 0.0950. The lowest BCUT2D eigenvalue weighted by molar-refractivity contribution is -0.169. The van der Waals surface area contributed by atoms with E-state index in [2.05, 4.69) is 0 Å². The molecule has 5 nitrogen and oxygen atoms in total. The summed E-state index contributed by atoms with van der Waals surface area (Å²) in [5, 5.41) is 19.5. The van der Waals surface area contributed by atoms with Crippen LogP contribution in [0.25, 0.3) is 0 Å². The van der Waals surface area contributed by atoms with Crippen LogP contribution in [-0.4, -0.2) is 66.0 Å². The van der Waals surface area contributed by atoms with Crippen molar-refractivity contribution in [2.45, 2.75) is 76.3 Å². The van der Waals surface area contributed by atoms with E-state index in [0.717, 1.165) is 0 Å². The van der Waals surface area contributed by atoms with Crippen molar-refractivity contribution in [1.82, 2.24) is 0 Å². The Balaban J connectivity index is 4.80. The minimum atomic E-state index is -4.59. The second-order valence-electron chi connectivity index (χ2n) is 5.70. The molecule has 0 aromatic carbocycles. The Bertz CT molecular complexity index is 376. The zero-order chi connectivity index (χ0) is 20.5. The molecular formula is C15H24F6O5. The molecule has 0 aromatic heterocycles. The molecule has 2 N–H and O–H groups in total. The summed E-state index contributed by atoms with van der Waals surface area (Å²) in [6.07, 6.45) is -20.5. The van der Waals surface area contributed by atoms with E-state index in [1.165, 1.54) is 13.8 Å². The molecule has 0 bridgehead atoms. The topological polar surface area (TPSA) is 76.0 Å². The van der Waals surface area contributed by atoms with Gasteiger partial charge >= 0.3 is 12.4 Å². The van der Waals surface area contributed by atoms with Gasteiger partial charge in [-0.25, -0.2) is 0 Å². The van der Waals surface area contributed by atoms with Gasteiger partial charge in [-0.1, -0.05) is 0 Å². The van der Waals surface area contributed by atoms with Gasteiger partial charge in [-0.2, -0.15) is 26.3 Å². The van der Waals surface area contributed by atoms with Crippen LogP contribution in [0.15, 0.2) is 0 Å². The SMILES string of the molecule is CCOC(C[C@H](O)C(=O)[C@@H](O)CC(CC(F)(F)F)OCC)CC(F)(F)F. The van der Waals surface area contributed by atoms with Crippen molar-refractivity contribution < 1.29 is 50.8 Å². The first-order valence-electron chi connectivity index (χ1n) is 8.05. The van der Waals surface area contributed by atoms with Gasteiger partial charge in [-0.15, -0.1) is 0 Å². The van der Waals surface area contributed by atoms with Crippen molar-refractivity contribution in [1.29, 1.82) is 0 Å². The molecular weight excluding hydrogens is 374 g/mol. The van der Waals surface area contributed by atoms with E-state index in [4.69, 9.17) is 9.47 Å². The monoisotopic (exact) mass is 398 g/mol. The number of carbonyl (C=O) groups is 1. The fourth-order valence-corrected chi connectivity index (χ4v) is 2.36. The highest BCUT2D eigenvalue weighted by atomic mass is 19.4.